The van der Waals surface area contributed by atoms with Crippen molar-refractivity contribution < 1.29 is 9.90 Å². The molecule has 0 heterocycles. The van der Waals surface area contributed by atoms with Crippen LogP contribution in [0.1, 0.15) is 10.4 Å². The molecule has 80 valence electrons. The van der Waals surface area contributed by atoms with Gasteiger partial charge in [0.15, 0.2) is 0 Å². The van der Waals surface area contributed by atoms with Crippen LogP contribution in [0.15, 0.2) is 48.5 Å². The van der Waals surface area contributed by atoms with Crippen LogP contribution in [-0.4, -0.2) is 11.4 Å². The number of nitrogens with one attached hydrogen (secondary N) is 1. The Labute approximate surface area is 93.4 Å². The van der Waals surface area contributed by atoms with Crippen LogP contribution in [0.2, 0.25) is 0 Å². The Balaban J connectivity index is 2.14. The number of anilines is 2. The minimum absolute atomic E-state index is 0.238. The average molecular weight is 213 g/mol. The van der Waals surface area contributed by atoms with E-state index in [1.165, 1.54) is 0 Å². The lowest BCUT2D eigenvalue weighted by Gasteiger charge is -2.06. The van der Waals surface area contributed by atoms with Gasteiger partial charge in [0, 0.05) is 16.9 Å². The van der Waals surface area contributed by atoms with Gasteiger partial charge in [0.1, 0.15) is 12.0 Å². The number of phenols is 1. The highest BCUT2D eigenvalue weighted by Crippen LogP contribution is 2.19. The Morgan fingerprint density at radius 3 is 1.88 bits per heavy atom. The summed E-state index contributed by atoms with van der Waals surface area (Å²) in [5.41, 5.74) is 2.43. The zero-order chi connectivity index (χ0) is 11.4. The number of benzene rings is 2. The number of phenolic OH excluding ortho intramolecular Hbond substituents is 1. The third-order valence-corrected chi connectivity index (χ3v) is 2.20. The predicted molar refractivity (Wildman–Crippen MR) is 63.2 cm³/mol. The van der Waals surface area contributed by atoms with E-state index >= 15 is 0 Å². The fraction of sp³-hybridized carbons (Fsp3) is 0. The number of aldehydes is 1. The Morgan fingerprint density at radius 1 is 0.875 bits per heavy atom. The van der Waals surface area contributed by atoms with Gasteiger partial charge in [-0.3, -0.25) is 4.79 Å². The van der Waals surface area contributed by atoms with Crippen LogP contribution < -0.4 is 5.32 Å². The molecule has 0 fully saturated rings. The Kier molecular flexibility index (Phi) is 2.87. The molecule has 0 saturated carbocycles. The molecule has 2 aromatic carbocycles. The van der Waals surface area contributed by atoms with Gasteiger partial charge in [-0.1, -0.05) is 0 Å². The maximum Gasteiger partial charge on any atom is 0.150 e. The van der Waals surface area contributed by atoms with Crippen LogP contribution in [-0.2, 0) is 0 Å². The molecule has 0 aliphatic heterocycles. The number of carbonyl (C=O) groups excluding carboxylic acids is 1. The molecule has 0 bridgehead atoms. The minimum atomic E-state index is 0.238. The molecular weight excluding hydrogens is 202 g/mol. The zero-order valence-electron chi connectivity index (χ0n) is 8.55. The predicted octanol–water partition coefficient (Wildman–Crippen LogP) is 2.95. The summed E-state index contributed by atoms with van der Waals surface area (Å²) < 4.78 is 0. The molecule has 3 heteroatoms. The van der Waals surface area contributed by atoms with Crippen LogP contribution in [0.5, 0.6) is 5.75 Å². The van der Waals surface area contributed by atoms with Crippen molar-refractivity contribution in [2.45, 2.75) is 0 Å². The summed E-state index contributed by atoms with van der Waals surface area (Å²) in [4.78, 5) is 10.5. The van der Waals surface area contributed by atoms with Gasteiger partial charge < -0.3 is 10.4 Å². The second kappa shape index (κ2) is 4.49. The molecule has 2 N–H and O–H groups in total. The highest BCUT2D eigenvalue weighted by Gasteiger charge is 1.95. The molecule has 16 heavy (non-hydrogen) atoms. The Morgan fingerprint density at radius 2 is 1.38 bits per heavy atom. The third-order valence-electron chi connectivity index (χ3n) is 2.20. The second-order valence-electron chi connectivity index (χ2n) is 3.41. The van der Waals surface area contributed by atoms with Crippen LogP contribution >= 0.6 is 0 Å². The Hall–Kier alpha value is -2.29. The highest BCUT2D eigenvalue weighted by atomic mass is 16.3. The average Bonchev–Trinajstić information content (AvgIpc) is 2.33. The van der Waals surface area contributed by atoms with Gasteiger partial charge in [-0.15, -0.1) is 0 Å². The number of hydrogen-bond donors (Lipinski definition) is 2. The van der Waals surface area contributed by atoms with E-state index in [0.717, 1.165) is 17.7 Å². The zero-order valence-corrected chi connectivity index (χ0v) is 8.55. The second-order valence-corrected chi connectivity index (χ2v) is 3.41. The first kappa shape index (κ1) is 10.2. The SMILES string of the molecule is O=Cc1ccc(Nc2ccc(O)cc2)cc1. The van der Waals surface area contributed by atoms with Crippen molar-refractivity contribution in [3.8, 4) is 5.75 Å². The monoisotopic (exact) mass is 213 g/mol. The number of carbonyl (C=O) groups is 1. The van der Waals surface area contributed by atoms with Gasteiger partial charge in [-0.2, -0.15) is 0 Å². The number of aromatic hydroxyl groups is 1. The molecule has 2 rings (SSSR count). The van der Waals surface area contributed by atoms with Crippen molar-refractivity contribution in [1.29, 1.82) is 0 Å². The van der Waals surface area contributed by atoms with Crippen molar-refractivity contribution in [2.75, 3.05) is 5.32 Å². The first-order valence-electron chi connectivity index (χ1n) is 4.89. The normalized spacial score (nSPS) is 9.75. The van der Waals surface area contributed by atoms with Crippen molar-refractivity contribution >= 4 is 17.7 Å². The summed E-state index contributed by atoms with van der Waals surface area (Å²) in [7, 11) is 0. The van der Waals surface area contributed by atoms with Gasteiger partial charge >= 0.3 is 0 Å². The van der Waals surface area contributed by atoms with Gasteiger partial charge in [0.2, 0.25) is 0 Å². The van der Waals surface area contributed by atoms with E-state index < -0.39 is 0 Å². The molecule has 3 nitrogen and oxygen atoms in total. The first-order valence-corrected chi connectivity index (χ1v) is 4.89. The lowest BCUT2D eigenvalue weighted by molar-refractivity contribution is 0.112. The fourth-order valence-corrected chi connectivity index (χ4v) is 1.36. The third kappa shape index (κ3) is 2.39. The largest absolute Gasteiger partial charge is 0.508 e. The lowest BCUT2D eigenvalue weighted by Crippen LogP contribution is -1.89. The van der Waals surface area contributed by atoms with E-state index in [-0.39, 0.29) is 5.75 Å². The molecule has 0 unspecified atom stereocenters. The van der Waals surface area contributed by atoms with Gasteiger partial charge in [-0.25, -0.2) is 0 Å². The van der Waals surface area contributed by atoms with Crippen molar-refractivity contribution in [2.24, 2.45) is 0 Å². The standard InChI is InChI=1S/C13H11NO2/c15-9-10-1-3-11(4-2-10)14-12-5-7-13(16)8-6-12/h1-9,14,16H. The van der Waals surface area contributed by atoms with E-state index in [9.17, 15) is 4.79 Å². The summed E-state index contributed by atoms with van der Waals surface area (Å²) in [6.45, 7) is 0. The summed E-state index contributed by atoms with van der Waals surface area (Å²) in [5, 5.41) is 12.3. The van der Waals surface area contributed by atoms with Crippen LogP contribution in [0.25, 0.3) is 0 Å². The highest BCUT2D eigenvalue weighted by molar-refractivity contribution is 5.76. The van der Waals surface area contributed by atoms with Gasteiger partial charge in [0.05, 0.1) is 0 Å². The minimum Gasteiger partial charge on any atom is -0.508 e. The molecule has 0 aliphatic carbocycles. The van der Waals surface area contributed by atoms with E-state index in [4.69, 9.17) is 5.11 Å². The number of hydrogen-bond acceptors (Lipinski definition) is 3. The molecule has 0 spiro atoms. The van der Waals surface area contributed by atoms with Crippen LogP contribution in [0.3, 0.4) is 0 Å². The molecule has 0 saturated heterocycles. The number of rotatable bonds is 3. The van der Waals surface area contributed by atoms with Crippen LogP contribution in [0.4, 0.5) is 11.4 Å². The van der Waals surface area contributed by atoms with E-state index in [1.54, 1.807) is 36.4 Å². The van der Waals surface area contributed by atoms with E-state index in [0.29, 0.717) is 5.56 Å². The quantitative estimate of drug-likeness (QED) is 0.608. The first-order chi connectivity index (χ1) is 7.78. The Bertz CT molecular complexity index is 474. The molecule has 0 amide bonds. The van der Waals surface area contributed by atoms with Crippen molar-refractivity contribution in [3.63, 3.8) is 0 Å². The molecular formula is C13H11NO2. The maximum absolute atomic E-state index is 10.5. The topological polar surface area (TPSA) is 49.3 Å². The molecule has 0 atom stereocenters. The molecule has 0 radical (unpaired) electrons. The lowest BCUT2D eigenvalue weighted by atomic mass is 10.2. The summed E-state index contributed by atoms with van der Waals surface area (Å²) >= 11 is 0. The smallest absolute Gasteiger partial charge is 0.150 e. The fourth-order valence-electron chi connectivity index (χ4n) is 1.36. The summed E-state index contributed by atoms with van der Waals surface area (Å²) in [6, 6.07) is 13.9. The van der Waals surface area contributed by atoms with E-state index in [2.05, 4.69) is 5.32 Å². The van der Waals surface area contributed by atoms with Crippen LogP contribution in [0, 0.1) is 0 Å². The maximum atomic E-state index is 10.5. The molecule has 2 aromatic rings. The molecule has 0 aromatic heterocycles. The summed E-state index contributed by atoms with van der Waals surface area (Å²) in [5.74, 6) is 0.238. The van der Waals surface area contributed by atoms with Crippen molar-refractivity contribution in [1.82, 2.24) is 0 Å². The summed E-state index contributed by atoms with van der Waals surface area (Å²) in [6.07, 6.45) is 0.810. The van der Waals surface area contributed by atoms with Crippen molar-refractivity contribution in [3.05, 3.63) is 54.1 Å². The molecule has 0 aliphatic rings. The van der Waals surface area contributed by atoms with Gasteiger partial charge in [-0.05, 0) is 48.5 Å². The van der Waals surface area contributed by atoms with E-state index in [1.807, 2.05) is 12.1 Å². The van der Waals surface area contributed by atoms with Gasteiger partial charge in [0.25, 0.3) is 0 Å².